The highest BCUT2D eigenvalue weighted by atomic mass is 79.9. The van der Waals surface area contributed by atoms with Crippen molar-refractivity contribution in [2.45, 2.75) is 39.3 Å². The quantitative estimate of drug-likeness (QED) is 0.796. The standard InChI is InChI=1S/C11H17BrN4O2/c1-7-9(12)13-14-16(7)8-5-15(6-8)10(17)18-11(2,3)4/h8H,5-6H2,1-4H3. The summed E-state index contributed by atoms with van der Waals surface area (Å²) < 4.78 is 7.88. The van der Waals surface area contributed by atoms with Crippen molar-refractivity contribution in [3.8, 4) is 0 Å². The average Bonchev–Trinajstić information content (AvgIpc) is 2.44. The zero-order chi connectivity index (χ0) is 13.5. The van der Waals surface area contributed by atoms with Crippen LogP contribution in [0.15, 0.2) is 4.60 Å². The van der Waals surface area contributed by atoms with Crippen LogP contribution in [0.25, 0.3) is 0 Å². The molecule has 0 unspecified atom stereocenters. The predicted molar refractivity (Wildman–Crippen MR) is 69.3 cm³/mol. The molecule has 0 aromatic carbocycles. The summed E-state index contributed by atoms with van der Waals surface area (Å²) in [5.74, 6) is 0. The van der Waals surface area contributed by atoms with Crippen LogP contribution in [0.1, 0.15) is 32.5 Å². The van der Waals surface area contributed by atoms with Gasteiger partial charge >= 0.3 is 6.09 Å². The van der Waals surface area contributed by atoms with E-state index in [-0.39, 0.29) is 12.1 Å². The van der Waals surface area contributed by atoms with Gasteiger partial charge in [0.2, 0.25) is 0 Å². The van der Waals surface area contributed by atoms with Crippen LogP contribution in [0.2, 0.25) is 0 Å². The number of ether oxygens (including phenoxy) is 1. The molecule has 0 aliphatic carbocycles. The second kappa shape index (κ2) is 4.53. The first-order valence-corrected chi connectivity index (χ1v) is 6.62. The van der Waals surface area contributed by atoms with Gasteiger partial charge in [-0.2, -0.15) is 0 Å². The largest absolute Gasteiger partial charge is 0.444 e. The van der Waals surface area contributed by atoms with Crippen molar-refractivity contribution in [2.24, 2.45) is 0 Å². The Morgan fingerprint density at radius 3 is 2.50 bits per heavy atom. The van der Waals surface area contributed by atoms with E-state index >= 15 is 0 Å². The maximum atomic E-state index is 11.8. The number of rotatable bonds is 1. The minimum atomic E-state index is -0.450. The number of nitrogens with zero attached hydrogens (tertiary/aromatic N) is 4. The van der Waals surface area contributed by atoms with E-state index in [1.54, 1.807) is 4.90 Å². The van der Waals surface area contributed by atoms with E-state index in [4.69, 9.17) is 4.74 Å². The molecule has 1 aliphatic heterocycles. The molecule has 100 valence electrons. The van der Waals surface area contributed by atoms with Gasteiger partial charge in [0, 0.05) is 13.1 Å². The zero-order valence-corrected chi connectivity index (χ0v) is 12.6. The lowest BCUT2D eigenvalue weighted by Gasteiger charge is -2.39. The molecule has 7 heteroatoms. The number of hydrogen-bond acceptors (Lipinski definition) is 4. The Hall–Kier alpha value is -1.11. The molecule has 1 saturated heterocycles. The molecule has 0 saturated carbocycles. The Kier molecular flexibility index (Phi) is 3.35. The fraction of sp³-hybridized carbons (Fsp3) is 0.727. The Balaban J connectivity index is 1.91. The number of carbonyl (C=O) groups is 1. The van der Waals surface area contributed by atoms with Gasteiger partial charge in [-0.1, -0.05) is 5.21 Å². The Labute approximate surface area is 114 Å². The topological polar surface area (TPSA) is 60.2 Å². The lowest BCUT2D eigenvalue weighted by Crippen LogP contribution is -2.52. The van der Waals surface area contributed by atoms with Crippen molar-refractivity contribution in [1.29, 1.82) is 0 Å². The van der Waals surface area contributed by atoms with Gasteiger partial charge in [-0.15, -0.1) is 5.10 Å². The van der Waals surface area contributed by atoms with Crippen molar-refractivity contribution in [3.63, 3.8) is 0 Å². The highest BCUT2D eigenvalue weighted by molar-refractivity contribution is 9.10. The van der Waals surface area contributed by atoms with Gasteiger partial charge in [-0.25, -0.2) is 9.48 Å². The van der Waals surface area contributed by atoms with Gasteiger partial charge in [0.1, 0.15) is 5.60 Å². The van der Waals surface area contributed by atoms with Gasteiger partial charge in [-0.05, 0) is 43.6 Å². The highest BCUT2D eigenvalue weighted by Crippen LogP contribution is 2.25. The van der Waals surface area contributed by atoms with Crippen LogP contribution in [-0.4, -0.2) is 44.7 Å². The van der Waals surface area contributed by atoms with E-state index in [0.29, 0.717) is 13.1 Å². The molecular weight excluding hydrogens is 300 g/mol. The molecule has 2 rings (SSSR count). The first-order chi connectivity index (χ1) is 8.28. The normalized spacial score (nSPS) is 16.6. The molecule has 0 radical (unpaired) electrons. The molecule has 0 N–H and O–H groups in total. The highest BCUT2D eigenvalue weighted by Gasteiger charge is 2.36. The number of hydrogen-bond donors (Lipinski definition) is 0. The van der Waals surface area contributed by atoms with Crippen molar-refractivity contribution < 1.29 is 9.53 Å². The van der Waals surface area contributed by atoms with Crippen LogP contribution in [-0.2, 0) is 4.74 Å². The van der Waals surface area contributed by atoms with E-state index in [9.17, 15) is 4.79 Å². The van der Waals surface area contributed by atoms with Crippen LogP contribution in [0.4, 0.5) is 4.79 Å². The predicted octanol–water partition coefficient (Wildman–Crippen LogP) is 2.14. The third kappa shape index (κ3) is 2.66. The molecule has 0 spiro atoms. The van der Waals surface area contributed by atoms with E-state index in [1.165, 1.54) is 0 Å². The van der Waals surface area contributed by atoms with Crippen molar-refractivity contribution in [1.82, 2.24) is 19.9 Å². The van der Waals surface area contributed by atoms with Crippen LogP contribution in [0.3, 0.4) is 0 Å². The smallest absolute Gasteiger partial charge is 0.410 e. The molecular formula is C11H17BrN4O2. The molecule has 1 aromatic rings. The molecule has 0 bridgehead atoms. The van der Waals surface area contributed by atoms with Crippen LogP contribution >= 0.6 is 15.9 Å². The van der Waals surface area contributed by atoms with Crippen molar-refractivity contribution in [2.75, 3.05) is 13.1 Å². The number of amides is 1. The summed E-state index contributed by atoms with van der Waals surface area (Å²) in [4.78, 5) is 13.4. The van der Waals surface area contributed by atoms with E-state index in [0.717, 1.165) is 10.3 Å². The van der Waals surface area contributed by atoms with Gasteiger partial charge < -0.3 is 9.64 Å². The fourth-order valence-electron chi connectivity index (χ4n) is 1.75. The van der Waals surface area contributed by atoms with Crippen molar-refractivity contribution in [3.05, 3.63) is 10.3 Å². The zero-order valence-electron chi connectivity index (χ0n) is 11.0. The minimum absolute atomic E-state index is 0.191. The summed E-state index contributed by atoms with van der Waals surface area (Å²) in [6.07, 6.45) is -0.268. The maximum absolute atomic E-state index is 11.8. The molecule has 1 aliphatic rings. The SMILES string of the molecule is Cc1c(Br)nnn1C1CN(C(=O)OC(C)(C)C)C1. The monoisotopic (exact) mass is 316 g/mol. The van der Waals surface area contributed by atoms with Gasteiger partial charge in [0.15, 0.2) is 4.60 Å². The number of halogens is 1. The lowest BCUT2D eigenvalue weighted by molar-refractivity contribution is -0.000887. The van der Waals surface area contributed by atoms with Gasteiger partial charge in [0.25, 0.3) is 0 Å². The third-order valence-corrected chi connectivity index (χ3v) is 3.46. The van der Waals surface area contributed by atoms with Crippen LogP contribution in [0, 0.1) is 6.92 Å². The fourth-order valence-corrected chi connectivity index (χ4v) is 2.01. The van der Waals surface area contributed by atoms with E-state index in [2.05, 4.69) is 26.2 Å². The molecule has 1 fully saturated rings. The summed E-state index contributed by atoms with van der Waals surface area (Å²) >= 11 is 3.32. The molecule has 0 atom stereocenters. The molecule has 6 nitrogen and oxygen atoms in total. The number of carbonyl (C=O) groups excluding carboxylic acids is 1. The second-order valence-electron chi connectivity index (χ2n) is 5.45. The van der Waals surface area contributed by atoms with Gasteiger partial charge in [0.05, 0.1) is 11.7 Å². The molecule has 1 amide bonds. The summed E-state index contributed by atoms with van der Waals surface area (Å²) in [6, 6.07) is 0.191. The van der Waals surface area contributed by atoms with Crippen LogP contribution in [0.5, 0.6) is 0 Å². The number of likely N-dealkylation sites (tertiary alicyclic amines) is 1. The van der Waals surface area contributed by atoms with Crippen LogP contribution < -0.4 is 0 Å². The summed E-state index contributed by atoms with van der Waals surface area (Å²) in [6.45, 7) is 8.76. The van der Waals surface area contributed by atoms with E-state index < -0.39 is 5.60 Å². The Bertz CT molecular complexity index is 460. The minimum Gasteiger partial charge on any atom is -0.444 e. The Morgan fingerprint density at radius 1 is 1.44 bits per heavy atom. The summed E-state index contributed by atoms with van der Waals surface area (Å²) in [7, 11) is 0. The maximum Gasteiger partial charge on any atom is 0.410 e. The third-order valence-electron chi connectivity index (χ3n) is 2.73. The number of aromatic nitrogens is 3. The van der Waals surface area contributed by atoms with E-state index in [1.807, 2.05) is 32.4 Å². The lowest BCUT2D eigenvalue weighted by atomic mass is 10.1. The second-order valence-corrected chi connectivity index (χ2v) is 6.20. The molecule has 18 heavy (non-hydrogen) atoms. The Morgan fingerprint density at radius 2 is 2.06 bits per heavy atom. The van der Waals surface area contributed by atoms with Crippen molar-refractivity contribution >= 4 is 22.0 Å². The summed E-state index contributed by atoms with van der Waals surface area (Å²) in [5.41, 5.74) is 0.526. The molecule has 1 aromatic heterocycles. The molecule has 2 heterocycles. The first kappa shape index (κ1) is 13.3. The average molecular weight is 317 g/mol. The van der Waals surface area contributed by atoms with Gasteiger partial charge in [-0.3, -0.25) is 0 Å². The first-order valence-electron chi connectivity index (χ1n) is 5.83. The summed E-state index contributed by atoms with van der Waals surface area (Å²) in [5, 5.41) is 7.99.